The molecule has 1 N–H and O–H groups in total. The van der Waals surface area contributed by atoms with Crippen molar-refractivity contribution in [1.29, 1.82) is 0 Å². The SMILES string of the molecule is CC(C)c1nc(Oc2ccc(Br)cc2C(C)C)cc(=O)[nH]1. The van der Waals surface area contributed by atoms with Crippen molar-refractivity contribution in [1.82, 2.24) is 9.97 Å². The van der Waals surface area contributed by atoms with Crippen LogP contribution in [-0.2, 0) is 0 Å². The minimum Gasteiger partial charge on any atom is -0.438 e. The van der Waals surface area contributed by atoms with E-state index in [9.17, 15) is 4.79 Å². The molecule has 2 aromatic rings. The molecule has 0 amide bonds. The Morgan fingerprint density at radius 2 is 1.86 bits per heavy atom. The van der Waals surface area contributed by atoms with Gasteiger partial charge in [-0.25, -0.2) is 0 Å². The van der Waals surface area contributed by atoms with Gasteiger partial charge in [0.15, 0.2) is 0 Å². The molecule has 0 saturated carbocycles. The average molecular weight is 351 g/mol. The highest BCUT2D eigenvalue weighted by Crippen LogP contribution is 2.32. The first-order valence-corrected chi connectivity index (χ1v) is 7.74. The van der Waals surface area contributed by atoms with Crippen molar-refractivity contribution in [2.45, 2.75) is 39.5 Å². The molecule has 5 heteroatoms. The van der Waals surface area contributed by atoms with Crippen LogP contribution in [0.15, 0.2) is 33.5 Å². The number of benzene rings is 1. The number of ether oxygens (including phenoxy) is 1. The Morgan fingerprint density at radius 3 is 2.48 bits per heavy atom. The summed E-state index contributed by atoms with van der Waals surface area (Å²) in [6, 6.07) is 7.20. The van der Waals surface area contributed by atoms with Crippen LogP contribution in [0.4, 0.5) is 0 Å². The smallest absolute Gasteiger partial charge is 0.254 e. The Balaban J connectivity index is 2.41. The Labute approximate surface area is 132 Å². The van der Waals surface area contributed by atoms with Crippen LogP contribution >= 0.6 is 15.9 Å². The van der Waals surface area contributed by atoms with Crippen molar-refractivity contribution < 1.29 is 4.74 Å². The number of halogens is 1. The maximum atomic E-state index is 11.7. The van der Waals surface area contributed by atoms with E-state index < -0.39 is 0 Å². The number of aromatic nitrogens is 2. The van der Waals surface area contributed by atoms with E-state index in [1.54, 1.807) is 0 Å². The summed E-state index contributed by atoms with van der Waals surface area (Å²) in [5, 5.41) is 0. The van der Waals surface area contributed by atoms with Gasteiger partial charge in [-0.05, 0) is 29.7 Å². The summed E-state index contributed by atoms with van der Waals surface area (Å²) < 4.78 is 6.85. The molecule has 21 heavy (non-hydrogen) atoms. The van der Waals surface area contributed by atoms with Crippen LogP contribution < -0.4 is 10.3 Å². The minimum absolute atomic E-state index is 0.135. The third kappa shape index (κ3) is 3.94. The van der Waals surface area contributed by atoms with Crippen LogP contribution in [0.5, 0.6) is 11.6 Å². The second kappa shape index (κ2) is 6.43. The van der Waals surface area contributed by atoms with Crippen LogP contribution in [0.2, 0.25) is 0 Å². The minimum atomic E-state index is -0.202. The highest BCUT2D eigenvalue weighted by molar-refractivity contribution is 9.10. The van der Waals surface area contributed by atoms with Gasteiger partial charge in [-0.2, -0.15) is 4.98 Å². The molecule has 1 heterocycles. The zero-order valence-electron chi connectivity index (χ0n) is 12.6. The molecule has 0 aliphatic rings. The van der Waals surface area contributed by atoms with Crippen molar-refractivity contribution >= 4 is 15.9 Å². The quantitative estimate of drug-likeness (QED) is 0.878. The van der Waals surface area contributed by atoms with Gasteiger partial charge in [-0.3, -0.25) is 4.79 Å². The Kier molecular flexibility index (Phi) is 4.83. The number of nitrogens with zero attached hydrogens (tertiary/aromatic N) is 1. The first-order chi connectivity index (χ1) is 9.86. The Morgan fingerprint density at radius 1 is 1.14 bits per heavy atom. The molecule has 0 atom stereocenters. The zero-order chi connectivity index (χ0) is 15.6. The predicted molar refractivity (Wildman–Crippen MR) is 87.3 cm³/mol. The lowest BCUT2D eigenvalue weighted by atomic mass is 10.0. The first kappa shape index (κ1) is 15.8. The fourth-order valence-electron chi connectivity index (χ4n) is 1.96. The van der Waals surface area contributed by atoms with Gasteiger partial charge in [-0.15, -0.1) is 0 Å². The molecular weight excluding hydrogens is 332 g/mol. The molecule has 0 spiro atoms. The molecule has 0 fully saturated rings. The topological polar surface area (TPSA) is 55.0 Å². The van der Waals surface area contributed by atoms with E-state index in [0.29, 0.717) is 17.6 Å². The fourth-order valence-corrected chi connectivity index (χ4v) is 2.33. The molecular formula is C16H19BrN2O2. The molecule has 0 saturated heterocycles. The second-order valence-corrected chi connectivity index (χ2v) is 6.48. The van der Waals surface area contributed by atoms with E-state index in [4.69, 9.17) is 4.74 Å². The molecule has 1 aromatic carbocycles. The summed E-state index contributed by atoms with van der Waals surface area (Å²) in [7, 11) is 0. The van der Waals surface area contributed by atoms with Crippen molar-refractivity contribution in [2.24, 2.45) is 0 Å². The van der Waals surface area contributed by atoms with E-state index in [2.05, 4.69) is 39.7 Å². The van der Waals surface area contributed by atoms with Gasteiger partial charge in [0.1, 0.15) is 11.6 Å². The van der Waals surface area contributed by atoms with Gasteiger partial charge in [0, 0.05) is 10.4 Å². The van der Waals surface area contributed by atoms with Gasteiger partial charge in [0.2, 0.25) is 5.88 Å². The van der Waals surface area contributed by atoms with Gasteiger partial charge in [0.05, 0.1) is 6.07 Å². The average Bonchev–Trinajstić information content (AvgIpc) is 2.40. The lowest BCUT2D eigenvalue weighted by Crippen LogP contribution is -2.12. The number of aromatic amines is 1. The van der Waals surface area contributed by atoms with E-state index in [0.717, 1.165) is 15.8 Å². The summed E-state index contributed by atoms with van der Waals surface area (Å²) in [6.45, 7) is 8.14. The lowest BCUT2D eigenvalue weighted by molar-refractivity contribution is 0.447. The highest BCUT2D eigenvalue weighted by Gasteiger charge is 2.12. The third-order valence-corrected chi connectivity index (χ3v) is 3.58. The van der Waals surface area contributed by atoms with Gasteiger partial charge in [-0.1, -0.05) is 43.6 Å². The summed E-state index contributed by atoms with van der Waals surface area (Å²) in [4.78, 5) is 18.8. The first-order valence-electron chi connectivity index (χ1n) is 6.95. The maximum absolute atomic E-state index is 11.7. The zero-order valence-corrected chi connectivity index (χ0v) is 14.2. The summed E-state index contributed by atoms with van der Waals surface area (Å²) in [5.74, 6) is 2.12. The third-order valence-electron chi connectivity index (χ3n) is 3.09. The summed E-state index contributed by atoms with van der Waals surface area (Å²) in [6.07, 6.45) is 0. The molecule has 4 nitrogen and oxygen atoms in total. The highest BCUT2D eigenvalue weighted by atomic mass is 79.9. The van der Waals surface area contributed by atoms with Gasteiger partial charge >= 0.3 is 0 Å². The van der Waals surface area contributed by atoms with Crippen LogP contribution in [0.25, 0.3) is 0 Å². The molecule has 1 aromatic heterocycles. The molecule has 112 valence electrons. The fraction of sp³-hybridized carbons (Fsp3) is 0.375. The van der Waals surface area contributed by atoms with Crippen molar-refractivity contribution in [2.75, 3.05) is 0 Å². The van der Waals surface area contributed by atoms with E-state index in [-0.39, 0.29) is 11.5 Å². The number of nitrogens with one attached hydrogen (secondary N) is 1. The molecule has 0 radical (unpaired) electrons. The Hall–Kier alpha value is -1.62. The molecule has 0 unspecified atom stereocenters. The molecule has 0 aliphatic carbocycles. The molecule has 0 bridgehead atoms. The van der Waals surface area contributed by atoms with E-state index >= 15 is 0 Å². The van der Waals surface area contributed by atoms with Crippen LogP contribution in [0.3, 0.4) is 0 Å². The lowest BCUT2D eigenvalue weighted by Gasteiger charge is -2.14. The summed E-state index contributed by atoms with van der Waals surface area (Å²) >= 11 is 3.47. The number of H-pyrrole nitrogens is 1. The number of hydrogen-bond acceptors (Lipinski definition) is 3. The number of rotatable bonds is 4. The van der Waals surface area contributed by atoms with Crippen LogP contribution in [-0.4, -0.2) is 9.97 Å². The number of hydrogen-bond donors (Lipinski definition) is 1. The van der Waals surface area contributed by atoms with Crippen molar-refractivity contribution in [3.8, 4) is 11.6 Å². The van der Waals surface area contributed by atoms with Gasteiger partial charge in [0.25, 0.3) is 5.56 Å². The maximum Gasteiger partial charge on any atom is 0.254 e. The van der Waals surface area contributed by atoms with Crippen LogP contribution in [0, 0.1) is 0 Å². The summed E-state index contributed by atoms with van der Waals surface area (Å²) in [5.41, 5.74) is 0.865. The van der Waals surface area contributed by atoms with E-state index in [1.807, 2.05) is 32.0 Å². The van der Waals surface area contributed by atoms with E-state index in [1.165, 1.54) is 6.07 Å². The molecule has 0 aliphatic heterocycles. The standard InChI is InChI=1S/C16H19BrN2O2/c1-9(2)12-7-11(17)5-6-13(12)21-15-8-14(20)18-16(19-15)10(3)4/h5-10H,1-4H3,(H,18,19,20). The Bertz CT molecular complexity index is 693. The van der Waals surface area contributed by atoms with Crippen molar-refractivity contribution in [3.05, 3.63) is 50.5 Å². The normalized spacial score (nSPS) is 11.2. The van der Waals surface area contributed by atoms with Crippen LogP contribution in [0.1, 0.15) is 50.9 Å². The van der Waals surface area contributed by atoms with Crippen molar-refractivity contribution in [3.63, 3.8) is 0 Å². The van der Waals surface area contributed by atoms with Gasteiger partial charge < -0.3 is 9.72 Å². The predicted octanol–water partition coefficient (Wildman–Crippen LogP) is 4.57. The second-order valence-electron chi connectivity index (χ2n) is 5.56. The largest absolute Gasteiger partial charge is 0.438 e. The molecule has 2 rings (SSSR count). The monoisotopic (exact) mass is 350 g/mol.